The fraction of sp³-hybridized carbons (Fsp3) is 0.833. The highest BCUT2D eigenvalue weighted by Gasteiger charge is 2.36. The molecule has 1 aliphatic rings. The Bertz CT molecular complexity index is 347. The zero-order chi connectivity index (χ0) is 15.3. The average molecular weight is 290 g/mol. The van der Waals surface area contributed by atoms with Crippen molar-refractivity contribution in [2.24, 2.45) is 11.7 Å². The van der Waals surface area contributed by atoms with Crippen LogP contribution >= 0.6 is 0 Å². The SMILES string of the molecule is NC[C@H](O)[C@@H](O)CNC(=O)[C@H](O)[C@@H](O)C(=O)C1CCC1. The van der Waals surface area contributed by atoms with E-state index in [1.54, 1.807) is 0 Å². The Labute approximate surface area is 116 Å². The molecule has 1 amide bonds. The molecule has 0 saturated heterocycles. The van der Waals surface area contributed by atoms with Crippen molar-refractivity contribution in [3.05, 3.63) is 0 Å². The Morgan fingerprint density at radius 2 is 1.70 bits per heavy atom. The number of ketones is 1. The van der Waals surface area contributed by atoms with Gasteiger partial charge in [0.1, 0.15) is 6.10 Å². The molecule has 4 atom stereocenters. The molecule has 8 nitrogen and oxygen atoms in total. The first-order valence-electron chi connectivity index (χ1n) is 6.62. The summed E-state index contributed by atoms with van der Waals surface area (Å²) in [6, 6.07) is 0. The van der Waals surface area contributed by atoms with Gasteiger partial charge in [0.15, 0.2) is 11.9 Å². The first kappa shape index (κ1) is 17.0. The number of aliphatic hydroxyl groups excluding tert-OH is 4. The van der Waals surface area contributed by atoms with Gasteiger partial charge in [-0.1, -0.05) is 6.42 Å². The Morgan fingerprint density at radius 1 is 1.10 bits per heavy atom. The lowest BCUT2D eigenvalue weighted by Crippen LogP contribution is -2.51. The summed E-state index contributed by atoms with van der Waals surface area (Å²) in [7, 11) is 0. The Balaban J connectivity index is 2.39. The van der Waals surface area contributed by atoms with E-state index in [1.807, 2.05) is 0 Å². The van der Waals surface area contributed by atoms with Gasteiger partial charge in [0, 0.05) is 19.0 Å². The third-order valence-corrected chi connectivity index (χ3v) is 3.54. The van der Waals surface area contributed by atoms with Crippen LogP contribution in [0.3, 0.4) is 0 Å². The van der Waals surface area contributed by atoms with Gasteiger partial charge in [0.05, 0.1) is 12.2 Å². The second kappa shape index (κ2) is 7.65. The highest BCUT2D eigenvalue weighted by molar-refractivity contribution is 5.93. The van der Waals surface area contributed by atoms with E-state index in [4.69, 9.17) is 5.73 Å². The largest absolute Gasteiger partial charge is 0.389 e. The number of carbonyl (C=O) groups excluding carboxylic acids is 2. The minimum Gasteiger partial charge on any atom is -0.389 e. The summed E-state index contributed by atoms with van der Waals surface area (Å²) in [4.78, 5) is 23.2. The van der Waals surface area contributed by atoms with Crippen LogP contribution in [0.1, 0.15) is 19.3 Å². The molecule has 0 aromatic heterocycles. The molecule has 0 aromatic rings. The number of carbonyl (C=O) groups is 2. The molecule has 0 aliphatic heterocycles. The maximum atomic E-state index is 11.7. The van der Waals surface area contributed by atoms with Crippen molar-refractivity contribution in [1.29, 1.82) is 0 Å². The summed E-state index contributed by atoms with van der Waals surface area (Å²) in [5, 5.41) is 39.9. The Hall–Kier alpha value is -1.06. The van der Waals surface area contributed by atoms with E-state index in [0.29, 0.717) is 12.8 Å². The molecule has 0 heterocycles. The van der Waals surface area contributed by atoms with Crippen LogP contribution in [-0.2, 0) is 9.59 Å². The fourth-order valence-electron chi connectivity index (χ4n) is 1.84. The highest BCUT2D eigenvalue weighted by atomic mass is 16.3. The van der Waals surface area contributed by atoms with Gasteiger partial charge in [-0.2, -0.15) is 0 Å². The maximum absolute atomic E-state index is 11.7. The van der Waals surface area contributed by atoms with Gasteiger partial charge in [0.25, 0.3) is 5.91 Å². The van der Waals surface area contributed by atoms with E-state index < -0.39 is 36.1 Å². The van der Waals surface area contributed by atoms with Crippen LogP contribution in [0.15, 0.2) is 0 Å². The predicted octanol–water partition coefficient (Wildman–Crippen LogP) is -3.13. The first-order valence-corrected chi connectivity index (χ1v) is 6.62. The van der Waals surface area contributed by atoms with Crippen LogP contribution in [0.2, 0.25) is 0 Å². The van der Waals surface area contributed by atoms with Gasteiger partial charge >= 0.3 is 0 Å². The van der Waals surface area contributed by atoms with E-state index in [-0.39, 0.29) is 19.0 Å². The van der Waals surface area contributed by atoms with E-state index >= 15 is 0 Å². The minimum atomic E-state index is -1.88. The van der Waals surface area contributed by atoms with Gasteiger partial charge in [-0.05, 0) is 12.8 Å². The average Bonchev–Trinajstić information content (AvgIpc) is 2.39. The normalized spacial score (nSPS) is 21.4. The Morgan fingerprint density at radius 3 is 2.15 bits per heavy atom. The number of nitrogens with two attached hydrogens (primary N) is 1. The number of nitrogens with one attached hydrogen (secondary N) is 1. The lowest BCUT2D eigenvalue weighted by atomic mass is 9.79. The molecular weight excluding hydrogens is 268 g/mol. The predicted molar refractivity (Wildman–Crippen MR) is 68.4 cm³/mol. The Kier molecular flexibility index (Phi) is 6.50. The maximum Gasteiger partial charge on any atom is 0.252 e. The molecule has 1 fully saturated rings. The standard InChI is InChI=1S/C12H22N2O6/c13-4-7(15)8(16)5-14-12(20)11(19)10(18)9(17)6-2-1-3-6/h6-8,10-11,15-16,18-19H,1-5,13H2,(H,14,20)/t7-,8-,10-,11+/m0/s1. The van der Waals surface area contributed by atoms with E-state index in [1.165, 1.54) is 0 Å². The van der Waals surface area contributed by atoms with Crippen molar-refractivity contribution in [3.63, 3.8) is 0 Å². The molecule has 0 radical (unpaired) electrons. The monoisotopic (exact) mass is 290 g/mol. The van der Waals surface area contributed by atoms with Crippen molar-refractivity contribution in [2.45, 2.75) is 43.7 Å². The lowest BCUT2D eigenvalue weighted by Gasteiger charge is -2.27. The molecule has 0 unspecified atom stereocenters. The molecule has 20 heavy (non-hydrogen) atoms. The van der Waals surface area contributed by atoms with Gasteiger partial charge in [0.2, 0.25) is 0 Å². The van der Waals surface area contributed by atoms with Crippen molar-refractivity contribution in [3.8, 4) is 0 Å². The number of hydrogen-bond acceptors (Lipinski definition) is 7. The summed E-state index contributed by atoms with van der Waals surface area (Å²) >= 11 is 0. The smallest absolute Gasteiger partial charge is 0.252 e. The lowest BCUT2D eigenvalue weighted by molar-refractivity contribution is -0.148. The van der Waals surface area contributed by atoms with E-state index in [2.05, 4.69) is 5.32 Å². The molecule has 0 spiro atoms. The molecule has 1 aliphatic carbocycles. The second-order valence-corrected chi connectivity index (χ2v) is 5.04. The molecule has 1 rings (SSSR count). The topological polar surface area (TPSA) is 153 Å². The summed E-state index contributed by atoms with van der Waals surface area (Å²) in [5.41, 5.74) is 5.13. The molecule has 1 saturated carbocycles. The molecule has 0 bridgehead atoms. The van der Waals surface area contributed by atoms with Crippen LogP contribution in [0.4, 0.5) is 0 Å². The number of amides is 1. The van der Waals surface area contributed by atoms with Crippen molar-refractivity contribution in [1.82, 2.24) is 5.32 Å². The second-order valence-electron chi connectivity index (χ2n) is 5.04. The number of aliphatic hydroxyl groups is 4. The van der Waals surface area contributed by atoms with Crippen LogP contribution < -0.4 is 11.1 Å². The van der Waals surface area contributed by atoms with Gasteiger partial charge in [-0.15, -0.1) is 0 Å². The van der Waals surface area contributed by atoms with Gasteiger partial charge in [-0.3, -0.25) is 9.59 Å². The molecular formula is C12H22N2O6. The van der Waals surface area contributed by atoms with Gasteiger partial charge in [-0.25, -0.2) is 0 Å². The number of rotatable bonds is 8. The summed E-state index contributed by atoms with van der Waals surface area (Å²) < 4.78 is 0. The summed E-state index contributed by atoms with van der Waals surface area (Å²) in [6.45, 7) is -0.513. The van der Waals surface area contributed by atoms with Crippen LogP contribution in [0.5, 0.6) is 0 Å². The number of Topliss-reactive ketones (excluding diaryl/α,β-unsaturated/α-hetero) is 1. The summed E-state index contributed by atoms with van der Waals surface area (Å²) in [6.07, 6.45) is -3.92. The zero-order valence-electron chi connectivity index (χ0n) is 11.1. The fourth-order valence-corrected chi connectivity index (χ4v) is 1.84. The third kappa shape index (κ3) is 4.22. The molecule has 0 aromatic carbocycles. The van der Waals surface area contributed by atoms with Crippen molar-refractivity contribution >= 4 is 11.7 Å². The highest BCUT2D eigenvalue weighted by Crippen LogP contribution is 2.28. The molecule has 7 N–H and O–H groups in total. The van der Waals surface area contributed by atoms with Crippen molar-refractivity contribution in [2.75, 3.05) is 13.1 Å². The van der Waals surface area contributed by atoms with Crippen LogP contribution in [0.25, 0.3) is 0 Å². The van der Waals surface area contributed by atoms with Crippen LogP contribution in [-0.4, -0.2) is 69.6 Å². The van der Waals surface area contributed by atoms with Crippen LogP contribution in [0, 0.1) is 5.92 Å². The quantitative estimate of drug-likeness (QED) is 0.276. The molecule has 116 valence electrons. The third-order valence-electron chi connectivity index (χ3n) is 3.54. The van der Waals surface area contributed by atoms with E-state index in [9.17, 15) is 30.0 Å². The number of hydrogen-bond donors (Lipinski definition) is 6. The van der Waals surface area contributed by atoms with Crippen molar-refractivity contribution < 1.29 is 30.0 Å². The molecule has 8 heteroatoms. The first-order chi connectivity index (χ1) is 9.38. The van der Waals surface area contributed by atoms with Gasteiger partial charge < -0.3 is 31.5 Å². The van der Waals surface area contributed by atoms with E-state index in [0.717, 1.165) is 6.42 Å². The summed E-state index contributed by atoms with van der Waals surface area (Å²) in [5.74, 6) is -1.81. The minimum absolute atomic E-state index is 0.178. The zero-order valence-corrected chi connectivity index (χ0v) is 11.1.